The zero-order chi connectivity index (χ0) is 25.4. The van der Waals surface area contributed by atoms with Gasteiger partial charge in [0.25, 0.3) is 11.8 Å². The molecule has 1 aliphatic carbocycles. The maximum atomic E-state index is 13.3. The summed E-state index contributed by atoms with van der Waals surface area (Å²) in [6.45, 7) is 4.07. The van der Waals surface area contributed by atoms with Gasteiger partial charge < -0.3 is 14.7 Å². The first-order valence-corrected chi connectivity index (χ1v) is 13.1. The van der Waals surface area contributed by atoms with Crippen molar-refractivity contribution in [3.8, 4) is 0 Å². The maximum absolute atomic E-state index is 13.3. The molecule has 3 heterocycles. The number of amides is 2. The van der Waals surface area contributed by atoms with Gasteiger partial charge in [0.05, 0.1) is 5.56 Å². The van der Waals surface area contributed by atoms with Crippen LogP contribution in [0.4, 0.5) is 20.3 Å². The van der Waals surface area contributed by atoms with Crippen molar-refractivity contribution in [1.29, 1.82) is 0 Å². The van der Waals surface area contributed by atoms with Gasteiger partial charge in [-0.3, -0.25) is 9.59 Å². The van der Waals surface area contributed by atoms with Gasteiger partial charge in [0.1, 0.15) is 5.82 Å². The van der Waals surface area contributed by atoms with Crippen LogP contribution in [-0.4, -0.2) is 59.7 Å². The van der Waals surface area contributed by atoms with Crippen LogP contribution in [0.25, 0.3) is 0 Å². The number of hydrogen-bond acceptors (Lipinski definition) is 4. The van der Waals surface area contributed by atoms with E-state index in [4.69, 9.17) is 4.98 Å². The zero-order valence-electron chi connectivity index (χ0n) is 21.1. The monoisotopic (exact) mass is 496 g/mol. The van der Waals surface area contributed by atoms with Crippen LogP contribution in [-0.2, 0) is 6.54 Å². The van der Waals surface area contributed by atoms with Crippen LogP contribution in [0.2, 0.25) is 0 Å². The first-order valence-electron chi connectivity index (χ1n) is 13.1. The Morgan fingerprint density at radius 2 is 2.00 bits per heavy atom. The minimum absolute atomic E-state index is 0.0431. The van der Waals surface area contributed by atoms with Crippen molar-refractivity contribution in [2.75, 3.05) is 31.6 Å². The third-order valence-corrected chi connectivity index (χ3v) is 7.88. The van der Waals surface area contributed by atoms with Crippen LogP contribution in [0, 0.1) is 5.92 Å². The van der Waals surface area contributed by atoms with E-state index in [2.05, 4.69) is 17.9 Å². The molecule has 2 aliphatic heterocycles. The van der Waals surface area contributed by atoms with Crippen LogP contribution < -0.4 is 4.90 Å². The average Bonchev–Trinajstić information content (AvgIpc) is 3.14. The third kappa shape index (κ3) is 4.58. The molecule has 0 N–H and O–H groups in total. The smallest absolute Gasteiger partial charge is 0.255 e. The highest BCUT2D eigenvalue weighted by Gasteiger charge is 2.32. The van der Waals surface area contributed by atoms with Gasteiger partial charge in [0.15, 0.2) is 0 Å². The molecule has 5 rings (SSSR count). The van der Waals surface area contributed by atoms with Gasteiger partial charge in [-0.1, -0.05) is 13.3 Å². The molecule has 0 bridgehead atoms. The lowest BCUT2D eigenvalue weighted by Crippen LogP contribution is -2.42. The minimum atomic E-state index is -2.41. The van der Waals surface area contributed by atoms with Gasteiger partial charge in [0, 0.05) is 56.6 Å². The van der Waals surface area contributed by atoms with Crippen molar-refractivity contribution in [2.45, 2.75) is 64.3 Å². The fourth-order valence-electron chi connectivity index (χ4n) is 5.62. The predicted molar refractivity (Wildman–Crippen MR) is 135 cm³/mol. The van der Waals surface area contributed by atoms with Crippen LogP contribution in [0.1, 0.15) is 83.2 Å². The van der Waals surface area contributed by atoms with Crippen molar-refractivity contribution in [2.24, 2.45) is 5.92 Å². The summed E-state index contributed by atoms with van der Waals surface area (Å²) in [5.74, 6) is 0.256. The Morgan fingerprint density at radius 1 is 1.19 bits per heavy atom. The average molecular weight is 497 g/mol. The first-order chi connectivity index (χ1) is 17.4. The first kappa shape index (κ1) is 24.7. The molecule has 0 spiro atoms. The summed E-state index contributed by atoms with van der Waals surface area (Å²) in [6.07, 6.45) is 4.41. The molecule has 1 saturated carbocycles. The second-order valence-corrected chi connectivity index (χ2v) is 10.4. The highest BCUT2D eigenvalue weighted by molar-refractivity contribution is 5.99. The topological polar surface area (TPSA) is 56.8 Å². The highest BCUT2D eigenvalue weighted by Crippen LogP contribution is 2.43. The fraction of sp³-hybridized carbons (Fsp3) is 0.536. The molecular formula is C28H34F2N4O2. The lowest BCUT2D eigenvalue weighted by molar-refractivity contribution is 0.0253. The number of piperidine rings is 1. The third-order valence-electron chi connectivity index (χ3n) is 7.88. The summed E-state index contributed by atoms with van der Waals surface area (Å²) in [5, 5.41) is 0. The van der Waals surface area contributed by atoms with E-state index in [-0.39, 0.29) is 18.4 Å². The Kier molecular flexibility index (Phi) is 6.95. The fourth-order valence-corrected chi connectivity index (χ4v) is 5.62. The summed E-state index contributed by atoms with van der Waals surface area (Å²) in [6, 6.07) is 7.91. The molecule has 8 heteroatoms. The number of aromatic nitrogens is 1. The van der Waals surface area contributed by atoms with Crippen molar-refractivity contribution in [3.63, 3.8) is 0 Å². The largest absolute Gasteiger partial charge is 0.338 e. The number of rotatable bonds is 7. The number of anilines is 2. The normalized spacial score (nSPS) is 20.0. The van der Waals surface area contributed by atoms with Crippen LogP contribution in [0.5, 0.6) is 0 Å². The maximum Gasteiger partial charge on any atom is 0.255 e. The Morgan fingerprint density at radius 3 is 2.69 bits per heavy atom. The number of carbonyl (C=O) groups is 2. The second kappa shape index (κ2) is 10.1. The van der Waals surface area contributed by atoms with Crippen molar-refractivity contribution in [1.82, 2.24) is 14.8 Å². The standard InChI is InChI=1S/C28H34F2N4O2/c1-3-11-34(22-9-10-23-21(13-22)16-32(2)28(23)36)26-24(18-6-4-7-18)14-20(15-31-26)27(35)33-12-5-8-19(17-33)25(29)30/h9-10,13-15,18-19,25H,3-8,11-12,16-17H2,1-2H3. The minimum Gasteiger partial charge on any atom is -0.338 e. The van der Waals surface area contributed by atoms with Crippen molar-refractivity contribution in [3.05, 3.63) is 52.7 Å². The number of benzene rings is 1. The van der Waals surface area contributed by atoms with E-state index in [1.165, 1.54) is 0 Å². The molecule has 6 nitrogen and oxygen atoms in total. The summed E-state index contributed by atoms with van der Waals surface area (Å²) in [7, 11) is 1.81. The van der Waals surface area contributed by atoms with Crippen molar-refractivity contribution < 1.29 is 18.4 Å². The molecule has 1 atom stereocenters. The van der Waals surface area contributed by atoms with Crippen molar-refractivity contribution >= 4 is 23.3 Å². The van der Waals surface area contributed by atoms with E-state index in [1.807, 2.05) is 25.2 Å². The Balaban J connectivity index is 1.48. The van der Waals surface area contributed by atoms with Gasteiger partial charge in [0.2, 0.25) is 6.43 Å². The number of hydrogen-bond donors (Lipinski definition) is 0. The Hall–Kier alpha value is -3.03. The number of likely N-dealkylation sites (tertiary alicyclic amines) is 1. The number of halogens is 2. The van der Waals surface area contributed by atoms with E-state index in [0.29, 0.717) is 37.4 Å². The van der Waals surface area contributed by atoms with Gasteiger partial charge in [-0.05, 0) is 73.4 Å². The van der Waals surface area contributed by atoms with Gasteiger partial charge in [-0.25, -0.2) is 13.8 Å². The molecule has 192 valence electrons. The summed E-state index contributed by atoms with van der Waals surface area (Å²) in [4.78, 5) is 36.0. The van der Waals surface area contributed by atoms with E-state index in [1.54, 1.807) is 16.0 Å². The summed E-state index contributed by atoms with van der Waals surface area (Å²) >= 11 is 0. The molecular weight excluding hydrogens is 462 g/mol. The lowest BCUT2D eigenvalue weighted by Gasteiger charge is -2.34. The van der Waals surface area contributed by atoms with Crippen LogP contribution in [0.15, 0.2) is 30.5 Å². The van der Waals surface area contributed by atoms with E-state index < -0.39 is 12.3 Å². The van der Waals surface area contributed by atoms with Gasteiger partial charge >= 0.3 is 0 Å². The number of fused-ring (bicyclic) bond motifs is 1. The molecule has 1 aromatic heterocycles. The van der Waals surface area contributed by atoms with Crippen LogP contribution in [0.3, 0.4) is 0 Å². The van der Waals surface area contributed by atoms with Gasteiger partial charge in [-0.2, -0.15) is 0 Å². The lowest BCUT2D eigenvalue weighted by atomic mass is 9.79. The predicted octanol–water partition coefficient (Wildman–Crippen LogP) is 5.60. The second-order valence-electron chi connectivity index (χ2n) is 10.4. The zero-order valence-corrected chi connectivity index (χ0v) is 21.1. The molecule has 0 radical (unpaired) electrons. The molecule has 1 aromatic carbocycles. The number of alkyl halides is 2. The van der Waals surface area contributed by atoms with E-state index >= 15 is 0 Å². The van der Waals surface area contributed by atoms with E-state index in [9.17, 15) is 18.4 Å². The molecule has 36 heavy (non-hydrogen) atoms. The molecule has 3 aliphatic rings. The SMILES string of the molecule is CCCN(c1ccc2c(c1)CN(C)C2=O)c1ncc(C(=O)N2CCCC(C(F)F)C2)cc1C1CCC1. The highest BCUT2D eigenvalue weighted by atomic mass is 19.3. The number of nitrogens with zero attached hydrogens (tertiary/aromatic N) is 4. The molecule has 1 unspecified atom stereocenters. The molecule has 2 fully saturated rings. The Bertz CT molecular complexity index is 1150. The van der Waals surface area contributed by atoms with E-state index in [0.717, 1.165) is 60.4 Å². The molecule has 2 amide bonds. The Labute approximate surface area is 211 Å². The van der Waals surface area contributed by atoms with Gasteiger partial charge in [-0.15, -0.1) is 0 Å². The quantitative estimate of drug-likeness (QED) is 0.501. The van der Waals surface area contributed by atoms with Crippen LogP contribution >= 0.6 is 0 Å². The molecule has 1 saturated heterocycles. The number of carbonyl (C=O) groups excluding carboxylic acids is 2. The number of pyridine rings is 1. The summed E-state index contributed by atoms with van der Waals surface area (Å²) < 4.78 is 26.6. The molecule has 2 aromatic rings. The summed E-state index contributed by atoms with van der Waals surface area (Å²) in [5.41, 5.74) is 4.28.